The van der Waals surface area contributed by atoms with Gasteiger partial charge < -0.3 is 39.4 Å². The summed E-state index contributed by atoms with van der Waals surface area (Å²) in [4.78, 5) is 0. The Balaban J connectivity index is 0. The molecule has 0 atom stereocenters. The van der Waals surface area contributed by atoms with Gasteiger partial charge in [0.2, 0.25) is 0 Å². The zero-order valence-corrected chi connectivity index (χ0v) is 16.3. The van der Waals surface area contributed by atoms with E-state index in [2.05, 4.69) is 0 Å². The number of hydrogen-bond donors (Lipinski definition) is 0. The zero-order chi connectivity index (χ0) is 0. The summed E-state index contributed by atoms with van der Waals surface area (Å²) in [6.45, 7) is 0. The van der Waals surface area contributed by atoms with Crippen LogP contribution in [0.3, 0.4) is 0 Å². The topological polar surface area (TPSA) is 28.5 Å². The summed E-state index contributed by atoms with van der Waals surface area (Å²) >= 11 is 0. The molecule has 0 aliphatic heterocycles. The van der Waals surface area contributed by atoms with Crippen LogP contribution in [-0.2, 0) is 5.48 Å². The monoisotopic (exact) mass is 266 g/mol. The van der Waals surface area contributed by atoms with E-state index in [1.54, 1.807) is 0 Å². The molecule has 0 aliphatic carbocycles. The Labute approximate surface area is 154 Å². The summed E-state index contributed by atoms with van der Waals surface area (Å²) in [7, 11) is 0. The van der Waals surface area contributed by atoms with E-state index in [1.165, 1.54) is 0 Å². The first-order valence-electron chi connectivity index (χ1n) is 0. The van der Waals surface area contributed by atoms with Crippen LogP contribution in [0.1, 0.15) is 0 Å². The molecule has 0 unspecified atom stereocenters. The molecule has 0 saturated heterocycles. The van der Waals surface area contributed by atoms with Crippen LogP contribution in [0.5, 0.6) is 0 Å². The van der Waals surface area contributed by atoms with Crippen molar-refractivity contribution in [3.63, 3.8) is 0 Å². The quantitative estimate of drug-likeness (QED) is 0.390. The Kier molecular flexibility index (Phi) is 372. The second kappa shape index (κ2) is 44.4. The van der Waals surface area contributed by atoms with Crippen LogP contribution >= 0.6 is 0 Å². The Hall–Kier alpha value is 4.92. The molecule has 7 heteroatoms. The molecule has 0 radical (unpaired) electrons. The third kappa shape index (κ3) is 35.9. The minimum Gasteiger partial charge on any atom is -2.00 e. The Morgan fingerprint density at radius 1 is 0.429 bits per heavy atom. The minimum absolute atomic E-state index is 0. The van der Waals surface area contributed by atoms with Crippen LogP contribution in [0.15, 0.2) is 0 Å². The first-order valence-corrected chi connectivity index (χ1v) is 0. The van der Waals surface area contributed by atoms with E-state index in [4.69, 9.17) is 0 Å². The van der Waals surface area contributed by atoms with Gasteiger partial charge in [-0.05, 0) is 0 Å². The molecule has 7 heavy (non-hydrogen) atoms. The SMILES string of the molecule is [Br-].[Br-].[Na+].[Na+].[Na+].[Na+].[O-2]. The first-order chi connectivity index (χ1) is 0. The fourth-order valence-electron chi connectivity index (χ4n) is 0. The molecule has 0 aliphatic rings. The van der Waals surface area contributed by atoms with E-state index < -0.39 is 0 Å². The van der Waals surface area contributed by atoms with Gasteiger partial charge in [0.05, 0.1) is 0 Å². The molecule has 0 saturated carbocycles. The van der Waals surface area contributed by atoms with Gasteiger partial charge in [0.1, 0.15) is 0 Å². The van der Waals surface area contributed by atoms with Gasteiger partial charge in [0.15, 0.2) is 0 Å². The van der Waals surface area contributed by atoms with Gasteiger partial charge in [-0.3, -0.25) is 0 Å². The van der Waals surface area contributed by atoms with Gasteiger partial charge >= 0.3 is 118 Å². The van der Waals surface area contributed by atoms with E-state index in [0.29, 0.717) is 0 Å². The fourth-order valence-corrected chi connectivity index (χ4v) is 0. The maximum atomic E-state index is 0. The summed E-state index contributed by atoms with van der Waals surface area (Å²) in [5.41, 5.74) is 0. The maximum absolute atomic E-state index is 0. The van der Waals surface area contributed by atoms with Gasteiger partial charge in [0, 0.05) is 0 Å². The second-order valence-electron chi connectivity index (χ2n) is 0. The van der Waals surface area contributed by atoms with Gasteiger partial charge in [-0.1, -0.05) is 0 Å². The maximum Gasteiger partial charge on any atom is 1.00 e. The molecule has 0 rings (SSSR count). The summed E-state index contributed by atoms with van der Waals surface area (Å²) in [6.07, 6.45) is 0. The Bertz CT molecular complexity index is 9.65. The van der Waals surface area contributed by atoms with Crippen molar-refractivity contribution in [1.82, 2.24) is 0 Å². The van der Waals surface area contributed by atoms with E-state index in [-0.39, 0.29) is 158 Å². The molecule has 0 aromatic heterocycles. The van der Waals surface area contributed by atoms with Gasteiger partial charge in [-0.25, -0.2) is 0 Å². The fraction of sp³-hybridized carbons (Fsp3) is 0. The van der Waals surface area contributed by atoms with Crippen molar-refractivity contribution in [3.8, 4) is 0 Å². The van der Waals surface area contributed by atoms with Gasteiger partial charge in [-0.15, -0.1) is 0 Å². The summed E-state index contributed by atoms with van der Waals surface area (Å²) in [6, 6.07) is 0. The molecular weight excluding hydrogens is 268 g/mol. The molecule has 0 heterocycles. The second-order valence-corrected chi connectivity index (χ2v) is 0. The summed E-state index contributed by atoms with van der Waals surface area (Å²) in [5.74, 6) is 0. The standard InChI is InChI=1S/2BrH.4Na.O/h2*1H;;;;;/q;;4*+1;-2/p-2. The normalized spacial score (nSPS) is 0. The molecule has 0 aromatic carbocycles. The van der Waals surface area contributed by atoms with E-state index in [1.807, 2.05) is 0 Å². The van der Waals surface area contributed by atoms with Crippen molar-refractivity contribution in [2.24, 2.45) is 0 Å². The molecule has 24 valence electrons. The average Bonchev–Trinajstić information content (AvgIpc) is 0. The van der Waals surface area contributed by atoms with Gasteiger partial charge in [0.25, 0.3) is 0 Å². The third-order valence-corrected chi connectivity index (χ3v) is 0. The van der Waals surface area contributed by atoms with Crippen LogP contribution < -0.4 is 152 Å². The Morgan fingerprint density at radius 2 is 0.429 bits per heavy atom. The third-order valence-electron chi connectivity index (χ3n) is 0. The minimum atomic E-state index is 0. The smallest absolute Gasteiger partial charge is 1.00 e. The molecule has 0 N–H and O–H groups in total. The summed E-state index contributed by atoms with van der Waals surface area (Å²) in [5, 5.41) is 0. The van der Waals surface area contributed by atoms with Crippen LogP contribution in [0.25, 0.3) is 0 Å². The number of halogens is 2. The van der Waals surface area contributed by atoms with Crippen molar-refractivity contribution >= 4 is 0 Å². The molecule has 0 bridgehead atoms. The first kappa shape index (κ1) is 58.7. The molecule has 0 spiro atoms. The van der Waals surface area contributed by atoms with Crippen molar-refractivity contribution in [2.75, 3.05) is 0 Å². The zero-order valence-electron chi connectivity index (χ0n) is 5.16. The summed E-state index contributed by atoms with van der Waals surface area (Å²) < 4.78 is 0. The number of hydrogen-bond acceptors (Lipinski definition) is 0. The van der Waals surface area contributed by atoms with Crippen LogP contribution in [0.2, 0.25) is 0 Å². The number of rotatable bonds is 0. The molecule has 1 nitrogen and oxygen atoms in total. The van der Waals surface area contributed by atoms with Crippen LogP contribution in [-0.4, -0.2) is 0 Å². The average molecular weight is 268 g/mol. The molecule has 0 aromatic rings. The van der Waals surface area contributed by atoms with E-state index >= 15 is 0 Å². The van der Waals surface area contributed by atoms with Crippen molar-refractivity contribution in [2.45, 2.75) is 0 Å². The predicted octanol–water partition coefficient (Wildman–Crippen LogP) is -18.1. The van der Waals surface area contributed by atoms with Crippen molar-refractivity contribution in [1.29, 1.82) is 0 Å². The molecule has 0 fully saturated rings. The molecular formula is Br2Na4O. The van der Waals surface area contributed by atoms with Crippen molar-refractivity contribution < 1.29 is 158 Å². The predicted molar refractivity (Wildman–Crippen MR) is 0.686 cm³/mol. The van der Waals surface area contributed by atoms with E-state index in [0.717, 1.165) is 0 Å². The van der Waals surface area contributed by atoms with Crippen molar-refractivity contribution in [3.05, 3.63) is 0 Å². The van der Waals surface area contributed by atoms with Crippen LogP contribution in [0.4, 0.5) is 0 Å². The van der Waals surface area contributed by atoms with E-state index in [9.17, 15) is 0 Å². The Morgan fingerprint density at radius 3 is 0.429 bits per heavy atom. The van der Waals surface area contributed by atoms with Gasteiger partial charge in [-0.2, -0.15) is 0 Å². The van der Waals surface area contributed by atoms with Crippen LogP contribution in [0, 0.1) is 0 Å². The largest absolute Gasteiger partial charge is 2.00 e. The molecule has 0 amide bonds.